The van der Waals surface area contributed by atoms with Crippen molar-refractivity contribution < 1.29 is 0 Å². The minimum absolute atomic E-state index is 0.411. The van der Waals surface area contributed by atoms with Crippen molar-refractivity contribution >= 4 is 11.4 Å². The molecule has 1 atom stereocenters. The minimum Gasteiger partial charge on any atom is -0.382 e. The number of rotatable bonds is 5. The molecule has 0 radical (unpaired) electrons. The van der Waals surface area contributed by atoms with Crippen molar-refractivity contribution in [2.24, 2.45) is 0 Å². The lowest BCUT2D eigenvalue weighted by molar-refractivity contribution is 0.789. The van der Waals surface area contributed by atoms with Crippen molar-refractivity contribution in [1.82, 2.24) is 0 Å². The van der Waals surface area contributed by atoms with Crippen LogP contribution in [0.15, 0.2) is 48.5 Å². The fourth-order valence-corrected chi connectivity index (χ4v) is 2.37. The quantitative estimate of drug-likeness (QED) is 0.878. The molecule has 0 aliphatic rings. The molecule has 106 valence electrons. The summed E-state index contributed by atoms with van der Waals surface area (Å²) in [4.78, 5) is 2.14. The summed E-state index contributed by atoms with van der Waals surface area (Å²) >= 11 is 0. The highest BCUT2D eigenvalue weighted by atomic mass is 15.1. The Morgan fingerprint density at radius 1 is 1.05 bits per heavy atom. The number of aryl methyl sites for hydroxylation is 1. The van der Waals surface area contributed by atoms with Crippen LogP contribution in [0.4, 0.5) is 11.4 Å². The molecule has 2 heteroatoms. The average Bonchev–Trinajstić information content (AvgIpc) is 2.41. The molecule has 1 N–H and O–H groups in total. The van der Waals surface area contributed by atoms with Gasteiger partial charge in [0.1, 0.15) is 0 Å². The Labute approximate surface area is 122 Å². The molecule has 1 unspecified atom stereocenters. The Morgan fingerprint density at radius 2 is 1.80 bits per heavy atom. The maximum Gasteiger partial charge on any atom is 0.0372 e. The van der Waals surface area contributed by atoms with Crippen LogP contribution in [-0.4, -0.2) is 20.1 Å². The third kappa shape index (κ3) is 3.77. The lowest BCUT2D eigenvalue weighted by Gasteiger charge is -2.18. The van der Waals surface area contributed by atoms with Crippen molar-refractivity contribution in [2.45, 2.75) is 26.3 Å². The van der Waals surface area contributed by atoms with E-state index in [0.29, 0.717) is 6.04 Å². The van der Waals surface area contributed by atoms with Crippen LogP contribution in [0.25, 0.3) is 0 Å². The highest BCUT2D eigenvalue weighted by molar-refractivity contribution is 5.51. The summed E-state index contributed by atoms with van der Waals surface area (Å²) in [5.41, 5.74) is 5.14. The Bertz CT molecular complexity index is 561. The lowest BCUT2D eigenvalue weighted by atomic mass is 10.1. The van der Waals surface area contributed by atoms with Gasteiger partial charge in [0.2, 0.25) is 0 Å². The fourth-order valence-electron chi connectivity index (χ4n) is 2.37. The van der Waals surface area contributed by atoms with Crippen molar-refractivity contribution in [1.29, 1.82) is 0 Å². The second-order valence-electron chi connectivity index (χ2n) is 5.63. The average molecular weight is 268 g/mol. The van der Waals surface area contributed by atoms with Crippen molar-refractivity contribution in [3.63, 3.8) is 0 Å². The molecule has 0 aromatic heterocycles. The van der Waals surface area contributed by atoms with Crippen LogP contribution in [0.3, 0.4) is 0 Å². The van der Waals surface area contributed by atoms with Gasteiger partial charge in [0.15, 0.2) is 0 Å². The van der Waals surface area contributed by atoms with Gasteiger partial charge in [-0.15, -0.1) is 0 Å². The zero-order valence-electron chi connectivity index (χ0n) is 12.9. The first-order valence-electron chi connectivity index (χ1n) is 7.14. The Kier molecular flexibility index (Phi) is 4.67. The van der Waals surface area contributed by atoms with E-state index in [1.54, 1.807) is 0 Å². The van der Waals surface area contributed by atoms with Crippen LogP contribution in [0.2, 0.25) is 0 Å². The molecule has 2 rings (SSSR count). The van der Waals surface area contributed by atoms with Gasteiger partial charge < -0.3 is 10.2 Å². The summed E-state index contributed by atoms with van der Waals surface area (Å²) in [6.07, 6.45) is 1.02. The van der Waals surface area contributed by atoms with Crippen molar-refractivity contribution in [2.75, 3.05) is 24.3 Å². The second-order valence-corrected chi connectivity index (χ2v) is 5.63. The van der Waals surface area contributed by atoms with Crippen LogP contribution in [0.1, 0.15) is 18.1 Å². The molecule has 0 aliphatic heterocycles. The van der Waals surface area contributed by atoms with Gasteiger partial charge >= 0.3 is 0 Å². The van der Waals surface area contributed by atoms with E-state index >= 15 is 0 Å². The summed E-state index contributed by atoms with van der Waals surface area (Å²) in [6, 6.07) is 17.6. The number of benzene rings is 2. The Balaban J connectivity index is 2.03. The molecule has 0 bridgehead atoms. The predicted molar refractivity (Wildman–Crippen MR) is 88.7 cm³/mol. The molecule has 2 nitrogen and oxygen atoms in total. The summed E-state index contributed by atoms with van der Waals surface area (Å²) in [6.45, 7) is 4.37. The number of anilines is 2. The van der Waals surface area contributed by atoms with E-state index in [1.165, 1.54) is 22.5 Å². The van der Waals surface area contributed by atoms with Crippen molar-refractivity contribution in [3.05, 3.63) is 59.7 Å². The highest BCUT2D eigenvalue weighted by Gasteiger charge is 2.06. The van der Waals surface area contributed by atoms with Gasteiger partial charge in [-0.05, 0) is 49.6 Å². The smallest absolute Gasteiger partial charge is 0.0372 e. The van der Waals surface area contributed by atoms with E-state index in [-0.39, 0.29) is 0 Å². The molecule has 0 fully saturated rings. The summed E-state index contributed by atoms with van der Waals surface area (Å²) in [5.74, 6) is 0. The fraction of sp³-hybridized carbons (Fsp3) is 0.333. The molecular formula is C18H24N2. The predicted octanol–water partition coefficient (Wildman–Crippen LogP) is 4.10. The number of nitrogens with zero attached hydrogens (tertiary/aromatic N) is 1. The third-order valence-corrected chi connectivity index (χ3v) is 3.52. The Morgan fingerprint density at radius 3 is 2.50 bits per heavy atom. The largest absolute Gasteiger partial charge is 0.382 e. The van der Waals surface area contributed by atoms with E-state index in [1.807, 2.05) is 0 Å². The minimum atomic E-state index is 0.411. The second kappa shape index (κ2) is 6.47. The molecule has 2 aromatic carbocycles. The lowest BCUT2D eigenvalue weighted by Crippen LogP contribution is -2.19. The summed E-state index contributed by atoms with van der Waals surface area (Å²) < 4.78 is 0. The van der Waals surface area contributed by atoms with Gasteiger partial charge in [-0.1, -0.05) is 30.3 Å². The maximum atomic E-state index is 3.59. The molecular weight excluding hydrogens is 244 g/mol. The van der Waals surface area contributed by atoms with E-state index in [4.69, 9.17) is 0 Å². The molecule has 2 aromatic rings. The Hall–Kier alpha value is -1.96. The van der Waals surface area contributed by atoms with Crippen LogP contribution in [0.5, 0.6) is 0 Å². The maximum absolute atomic E-state index is 3.59. The van der Waals surface area contributed by atoms with E-state index in [2.05, 4.69) is 86.7 Å². The molecule has 0 spiro atoms. The molecule has 0 amide bonds. The third-order valence-electron chi connectivity index (χ3n) is 3.52. The zero-order chi connectivity index (χ0) is 14.5. The van der Waals surface area contributed by atoms with Gasteiger partial charge in [-0.2, -0.15) is 0 Å². The van der Waals surface area contributed by atoms with Gasteiger partial charge in [0.05, 0.1) is 0 Å². The van der Waals surface area contributed by atoms with Crippen LogP contribution >= 0.6 is 0 Å². The molecule has 0 aliphatic carbocycles. The first-order valence-corrected chi connectivity index (χ1v) is 7.14. The van der Waals surface area contributed by atoms with Gasteiger partial charge in [-0.25, -0.2) is 0 Å². The standard InChI is InChI=1S/C18H24N2/c1-14-8-5-6-11-18(14)19-15(2)12-16-9-7-10-17(13-16)20(3)4/h5-11,13,15,19H,12H2,1-4H3. The van der Waals surface area contributed by atoms with E-state index in [9.17, 15) is 0 Å². The van der Waals surface area contributed by atoms with Gasteiger partial charge in [-0.3, -0.25) is 0 Å². The normalized spacial score (nSPS) is 12.0. The number of para-hydroxylation sites is 1. The number of hydrogen-bond acceptors (Lipinski definition) is 2. The molecule has 0 saturated heterocycles. The topological polar surface area (TPSA) is 15.3 Å². The molecule has 0 heterocycles. The SMILES string of the molecule is Cc1ccccc1NC(C)Cc1cccc(N(C)C)c1. The van der Waals surface area contributed by atoms with Crippen molar-refractivity contribution in [3.8, 4) is 0 Å². The van der Waals surface area contributed by atoms with Crippen LogP contribution < -0.4 is 10.2 Å². The van der Waals surface area contributed by atoms with Crippen LogP contribution in [-0.2, 0) is 6.42 Å². The molecule has 0 saturated carbocycles. The summed E-state index contributed by atoms with van der Waals surface area (Å²) in [5, 5.41) is 3.59. The summed E-state index contributed by atoms with van der Waals surface area (Å²) in [7, 11) is 4.16. The zero-order valence-corrected chi connectivity index (χ0v) is 12.9. The molecule has 20 heavy (non-hydrogen) atoms. The number of hydrogen-bond donors (Lipinski definition) is 1. The van der Waals surface area contributed by atoms with E-state index in [0.717, 1.165) is 6.42 Å². The first kappa shape index (κ1) is 14.4. The van der Waals surface area contributed by atoms with E-state index < -0.39 is 0 Å². The first-order chi connectivity index (χ1) is 9.56. The van der Waals surface area contributed by atoms with Gasteiger partial charge in [0.25, 0.3) is 0 Å². The monoisotopic (exact) mass is 268 g/mol. The van der Waals surface area contributed by atoms with Gasteiger partial charge in [0, 0.05) is 31.5 Å². The highest BCUT2D eigenvalue weighted by Crippen LogP contribution is 2.18. The number of nitrogens with one attached hydrogen (secondary N) is 1. The van der Waals surface area contributed by atoms with Crippen LogP contribution in [0, 0.1) is 6.92 Å².